The van der Waals surface area contributed by atoms with Crippen LogP contribution in [0.1, 0.15) is 27.4 Å². The molecule has 38 heavy (non-hydrogen) atoms. The van der Waals surface area contributed by atoms with Crippen molar-refractivity contribution in [2.24, 2.45) is 0 Å². The molecule has 6 aromatic rings. The number of imidazole rings is 1. The summed E-state index contributed by atoms with van der Waals surface area (Å²) >= 11 is 6.41. The van der Waals surface area contributed by atoms with Gasteiger partial charge in [0, 0.05) is 10.4 Å². The van der Waals surface area contributed by atoms with Crippen LogP contribution in [-0.4, -0.2) is 37.9 Å². The first-order chi connectivity index (χ1) is 18.1. The van der Waals surface area contributed by atoms with Crippen molar-refractivity contribution in [2.75, 3.05) is 5.73 Å². The van der Waals surface area contributed by atoms with E-state index in [4.69, 9.17) is 17.3 Å². The van der Waals surface area contributed by atoms with Crippen LogP contribution < -0.4 is 5.73 Å². The number of H-pyrrole nitrogens is 1. The zero-order chi connectivity index (χ0) is 26.8. The second-order valence-corrected chi connectivity index (χ2v) is 11.2. The van der Waals surface area contributed by atoms with Crippen LogP contribution in [-0.2, 0) is 10.0 Å². The molecule has 0 aliphatic carbocycles. The van der Waals surface area contributed by atoms with Crippen molar-refractivity contribution in [3.8, 4) is 5.69 Å². The van der Waals surface area contributed by atoms with Crippen molar-refractivity contribution >= 4 is 55.2 Å². The highest BCUT2D eigenvalue weighted by molar-refractivity contribution is 7.90. The van der Waals surface area contributed by atoms with E-state index in [1.54, 1.807) is 42.5 Å². The topological polar surface area (TPSA) is 129 Å². The largest absolute Gasteiger partial charge is 0.383 e. The van der Waals surface area contributed by atoms with Crippen LogP contribution in [0, 0.1) is 13.8 Å². The standard InChI is InChI=1S/C27H21ClN6O3S/c1-15-6-9-18(10-7-15)38(36,37)34-24-5-3-4-21(28)19(24)13-25(34)26(35)20-14-30-33(27(20)29)17-8-11-22-23(12-17)32-16(2)31-22/h3-14H,29H2,1-2H3,(H,31,32). The van der Waals surface area contributed by atoms with Gasteiger partial charge in [-0.05, 0) is 62.4 Å². The van der Waals surface area contributed by atoms with Crippen LogP contribution >= 0.6 is 11.6 Å². The third kappa shape index (κ3) is 3.68. The highest BCUT2D eigenvalue weighted by Gasteiger charge is 2.29. The average molecular weight is 545 g/mol. The molecule has 3 heterocycles. The zero-order valence-electron chi connectivity index (χ0n) is 20.3. The van der Waals surface area contributed by atoms with Gasteiger partial charge in [-0.3, -0.25) is 4.79 Å². The summed E-state index contributed by atoms with van der Waals surface area (Å²) in [5.41, 5.74) is 9.74. The second kappa shape index (κ2) is 8.57. The number of fused-ring (bicyclic) bond motifs is 2. The number of benzene rings is 3. The van der Waals surface area contributed by atoms with Crippen LogP contribution in [0.3, 0.4) is 0 Å². The van der Waals surface area contributed by atoms with Gasteiger partial charge in [0.25, 0.3) is 10.0 Å². The van der Waals surface area contributed by atoms with Gasteiger partial charge in [-0.2, -0.15) is 5.10 Å². The molecule has 0 aliphatic heterocycles. The van der Waals surface area contributed by atoms with Crippen molar-refractivity contribution in [3.63, 3.8) is 0 Å². The molecule has 190 valence electrons. The number of anilines is 1. The molecule has 9 nitrogen and oxygen atoms in total. The molecule has 3 aromatic carbocycles. The van der Waals surface area contributed by atoms with Crippen LogP contribution in [0.25, 0.3) is 27.6 Å². The Balaban J connectivity index is 1.51. The molecule has 0 saturated heterocycles. The number of nitrogen functional groups attached to an aromatic ring is 1. The van der Waals surface area contributed by atoms with E-state index < -0.39 is 15.8 Å². The van der Waals surface area contributed by atoms with E-state index in [1.165, 1.54) is 29.1 Å². The molecule has 0 radical (unpaired) electrons. The van der Waals surface area contributed by atoms with Crippen molar-refractivity contribution < 1.29 is 13.2 Å². The highest BCUT2D eigenvalue weighted by Crippen LogP contribution is 2.33. The molecule has 0 atom stereocenters. The van der Waals surface area contributed by atoms with Crippen molar-refractivity contribution in [3.05, 3.63) is 101 Å². The van der Waals surface area contributed by atoms with Gasteiger partial charge in [0.15, 0.2) is 0 Å². The number of halogens is 1. The Morgan fingerprint density at radius 1 is 1.03 bits per heavy atom. The fourth-order valence-electron chi connectivity index (χ4n) is 4.53. The molecule has 0 amide bonds. The lowest BCUT2D eigenvalue weighted by molar-refractivity contribution is 0.103. The van der Waals surface area contributed by atoms with Gasteiger partial charge in [-0.15, -0.1) is 0 Å². The van der Waals surface area contributed by atoms with Crippen LogP contribution in [0.5, 0.6) is 0 Å². The molecule has 0 unspecified atom stereocenters. The highest BCUT2D eigenvalue weighted by atomic mass is 35.5. The Hall–Kier alpha value is -4.41. The monoisotopic (exact) mass is 544 g/mol. The van der Waals surface area contributed by atoms with Crippen LogP contribution in [0.15, 0.2) is 77.8 Å². The van der Waals surface area contributed by atoms with E-state index in [0.29, 0.717) is 16.1 Å². The number of ketones is 1. The SMILES string of the molecule is Cc1ccc(S(=O)(=O)n2c(C(=O)c3cnn(-c4ccc5[nH]c(C)nc5c4)c3N)cc3c(Cl)cccc32)cc1. The second-order valence-electron chi connectivity index (χ2n) is 8.99. The van der Waals surface area contributed by atoms with Crippen LogP contribution in [0.2, 0.25) is 5.02 Å². The fraction of sp³-hybridized carbons (Fsp3) is 0.0741. The lowest BCUT2D eigenvalue weighted by Crippen LogP contribution is -2.19. The minimum atomic E-state index is -4.16. The summed E-state index contributed by atoms with van der Waals surface area (Å²) in [5, 5.41) is 5.07. The van der Waals surface area contributed by atoms with E-state index >= 15 is 0 Å². The molecule has 0 bridgehead atoms. The van der Waals surface area contributed by atoms with E-state index in [2.05, 4.69) is 15.1 Å². The average Bonchev–Trinajstić information content (AvgIpc) is 3.58. The van der Waals surface area contributed by atoms with E-state index in [0.717, 1.165) is 26.4 Å². The predicted octanol–water partition coefficient (Wildman–Crippen LogP) is 5.02. The minimum absolute atomic E-state index is 0.0425. The van der Waals surface area contributed by atoms with E-state index in [-0.39, 0.29) is 27.5 Å². The number of aromatic nitrogens is 5. The van der Waals surface area contributed by atoms with Crippen molar-refractivity contribution in [1.29, 1.82) is 0 Å². The zero-order valence-corrected chi connectivity index (χ0v) is 21.9. The Morgan fingerprint density at radius 2 is 1.79 bits per heavy atom. The Labute approximate surface area is 222 Å². The molecule has 3 N–H and O–H groups in total. The molecule has 3 aromatic heterocycles. The quantitative estimate of drug-likeness (QED) is 0.293. The summed E-state index contributed by atoms with van der Waals surface area (Å²) in [5.74, 6) is 0.230. The number of aryl methyl sites for hydroxylation is 2. The number of carbonyl (C=O) groups excluding carboxylic acids is 1. The van der Waals surface area contributed by atoms with E-state index in [9.17, 15) is 13.2 Å². The third-order valence-electron chi connectivity index (χ3n) is 6.42. The number of rotatable bonds is 5. The van der Waals surface area contributed by atoms with Gasteiger partial charge in [-0.1, -0.05) is 35.4 Å². The number of hydrogen-bond acceptors (Lipinski definition) is 6. The normalized spacial score (nSPS) is 12.0. The van der Waals surface area contributed by atoms with E-state index in [1.807, 2.05) is 19.9 Å². The smallest absolute Gasteiger partial charge is 0.268 e. The van der Waals surface area contributed by atoms with Crippen molar-refractivity contribution in [2.45, 2.75) is 18.7 Å². The first-order valence-electron chi connectivity index (χ1n) is 11.6. The molecule has 0 spiro atoms. The predicted molar refractivity (Wildman–Crippen MR) is 147 cm³/mol. The van der Waals surface area contributed by atoms with Gasteiger partial charge in [0.2, 0.25) is 5.78 Å². The molecule has 0 saturated carbocycles. The Bertz CT molecular complexity index is 2000. The number of carbonyl (C=O) groups is 1. The van der Waals surface area contributed by atoms with Gasteiger partial charge in [-0.25, -0.2) is 22.1 Å². The van der Waals surface area contributed by atoms with Crippen molar-refractivity contribution in [1.82, 2.24) is 23.7 Å². The molecule has 6 rings (SSSR count). The molecular formula is C27H21ClN6O3S. The van der Waals surface area contributed by atoms with Crippen LogP contribution in [0.4, 0.5) is 5.82 Å². The maximum absolute atomic E-state index is 13.9. The Kier molecular flexibility index (Phi) is 5.41. The number of aromatic amines is 1. The van der Waals surface area contributed by atoms with Gasteiger partial charge < -0.3 is 10.7 Å². The number of nitrogens with one attached hydrogen (secondary N) is 1. The molecular weight excluding hydrogens is 524 g/mol. The third-order valence-corrected chi connectivity index (χ3v) is 8.49. The summed E-state index contributed by atoms with van der Waals surface area (Å²) in [7, 11) is -4.16. The molecule has 0 aliphatic rings. The summed E-state index contributed by atoms with van der Waals surface area (Å²) in [6.07, 6.45) is 1.33. The maximum Gasteiger partial charge on any atom is 0.268 e. The lowest BCUT2D eigenvalue weighted by Gasteiger charge is -2.12. The first-order valence-corrected chi connectivity index (χ1v) is 13.4. The Morgan fingerprint density at radius 3 is 2.55 bits per heavy atom. The van der Waals surface area contributed by atoms with Gasteiger partial charge >= 0.3 is 0 Å². The lowest BCUT2D eigenvalue weighted by atomic mass is 10.1. The number of hydrogen-bond donors (Lipinski definition) is 2. The number of nitrogens with zero attached hydrogens (tertiary/aromatic N) is 4. The summed E-state index contributed by atoms with van der Waals surface area (Å²) in [6.45, 7) is 3.72. The minimum Gasteiger partial charge on any atom is -0.383 e. The molecule has 11 heteroatoms. The first kappa shape index (κ1) is 24.0. The number of nitrogens with two attached hydrogens (primary N) is 1. The fourth-order valence-corrected chi connectivity index (χ4v) is 6.26. The maximum atomic E-state index is 13.9. The summed E-state index contributed by atoms with van der Waals surface area (Å²) in [4.78, 5) is 21.5. The van der Waals surface area contributed by atoms with Gasteiger partial charge in [0.05, 0.1) is 38.9 Å². The van der Waals surface area contributed by atoms with Gasteiger partial charge in [0.1, 0.15) is 17.3 Å². The summed E-state index contributed by atoms with van der Waals surface area (Å²) < 4.78 is 30.1. The summed E-state index contributed by atoms with van der Waals surface area (Å²) in [6, 6.07) is 18.2. The molecule has 0 fully saturated rings.